The minimum Gasteiger partial charge on any atom is -0.469 e. The van der Waals surface area contributed by atoms with E-state index in [0.29, 0.717) is 19.5 Å². The van der Waals surface area contributed by atoms with Gasteiger partial charge in [-0.2, -0.15) is 0 Å². The Morgan fingerprint density at radius 3 is 2.47 bits per heavy atom. The highest BCUT2D eigenvalue weighted by atomic mass is 16.5. The van der Waals surface area contributed by atoms with Gasteiger partial charge in [-0.3, -0.25) is 14.4 Å². The summed E-state index contributed by atoms with van der Waals surface area (Å²) in [6.45, 7) is 6.24. The van der Waals surface area contributed by atoms with E-state index >= 15 is 0 Å². The van der Waals surface area contributed by atoms with E-state index < -0.39 is 5.41 Å². The van der Waals surface area contributed by atoms with Gasteiger partial charge in [0.25, 0.3) is 0 Å². The number of amides is 2. The van der Waals surface area contributed by atoms with Gasteiger partial charge in [0.05, 0.1) is 19.6 Å². The second-order valence-electron chi connectivity index (χ2n) is 5.78. The van der Waals surface area contributed by atoms with Crippen LogP contribution in [0.4, 0.5) is 0 Å². The minimum absolute atomic E-state index is 0.0238. The number of likely N-dealkylation sites (tertiary alicyclic amines) is 1. The number of hydrogen-bond donors (Lipinski definition) is 1. The van der Waals surface area contributed by atoms with E-state index in [4.69, 9.17) is 0 Å². The zero-order valence-electron chi connectivity index (χ0n) is 12.0. The molecule has 1 unspecified atom stereocenters. The molecule has 1 aliphatic rings. The first-order valence-corrected chi connectivity index (χ1v) is 6.39. The fourth-order valence-corrected chi connectivity index (χ4v) is 1.88. The average Bonchev–Trinajstić information content (AvgIpc) is 2.82. The number of esters is 1. The van der Waals surface area contributed by atoms with Crippen molar-refractivity contribution in [3.8, 4) is 0 Å². The van der Waals surface area contributed by atoms with E-state index in [1.165, 1.54) is 7.11 Å². The summed E-state index contributed by atoms with van der Waals surface area (Å²) in [6, 6.07) is 0. The molecular weight excluding hydrogens is 248 g/mol. The van der Waals surface area contributed by atoms with Crippen LogP contribution in [-0.2, 0) is 19.1 Å². The lowest BCUT2D eigenvalue weighted by Gasteiger charge is -2.20. The van der Waals surface area contributed by atoms with Crippen LogP contribution >= 0.6 is 0 Å². The normalized spacial score (nSPS) is 19.2. The summed E-state index contributed by atoms with van der Waals surface area (Å²) in [5.74, 6) is -0.852. The lowest BCUT2D eigenvalue weighted by Crippen LogP contribution is -2.43. The summed E-state index contributed by atoms with van der Waals surface area (Å²) in [5, 5.41) is 2.61. The Labute approximate surface area is 113 Å². The first-order valence-electron chi connectivity index (χ1n) is 6.39. The summed E-state index contributed by atoms with van der Waals surface area (Å²) < 4.78 is 4.66. The van der Waals surface area contributed by atoms with E-state index in [1.54, 1.807) is 25.7 Å². The summed E-state index contributed by atoms with van der Waals surface area (Å²) in [4.78, 5) is 36.5. The molecule has 1 heterocycles. The van der Waals surface area contributed by atoms with Crippen LogP contribution in [0.5, 0.6) is 0 Å². The van der Waals surface area contributed by atoms with Crippen LogP contribution in [0.3, 0.4) is 0 Å². The van der Waals surface area contributed by atoms with Crippen molar-refractivity contribution >= 4 is 17.8 Å². The van der Waals surface area contributed by atoms with Gasteiger partial charge in [-0.25, -0.2) is 0 Å². The second kappa shape index (κ2) is 6.04. The Kier molecular flexibility index (Phi) is 4.91. The first-order chi connectivity index (χ1) is 8.75. The number of carbonyl (C=O) groups is 3. The van der Waals surface area contributed by atoms with Crippen LogP contribution in [0.15, 0.2) is 0 Å². The number of hydrogen-bond acceptors (Lipinski definition) is 4. The smallest absolute Gasteiger partial charge is 0.310 e. The first kappa shape index (κ1) is 15.5. The lowest BCUT2D eigenvalue weighted by atomic mass is 9.96. The van der Waals surface area contributed by atoms with Crippen molar-refractivity contribution < 1.29 is 19.1 Å². The Morgan fingerprint density at radius 2 is 1.95 bits per heavy atom. The van der Waals surface area contributed by atoms with Crippen LogP contribution < -0.4 is 5.32 Å². The van der Waals surface area contributed by atoms with Gasteiger partial charge in [-0.15, -0.1) is 0 Å². The molecule has 108 valence electrons. The number of ether oxygens (including phenoxy) is 1. The maximum absolute atomic E-state index is 11.9. The predicted octanol–water partition coefficient (Wildman–Crippen LogP) is 0.170. The Bertz CT molecular complexity index is 373. The largest absolute Gasteiger partial charge is 0.469 e. The van der Waals surface area contributed by atoms with Gasteiger partial charge in [0.2, 0.25) is 11.8 Å². The molecule has 1 rings (SSSR count). The van der Waals surface area contributed by atoms with Crippen LogP contribution in [-0.4, -0.2) is 49.4 Å². The summed E-state index contributed by atoms with van der Waals surface area (Å²) in [7, 11) is 1.34. The molecule has 0 aromatic rings. The standard InChI is InChI=1S/C13H22N2O4/c1-13(2,3)12(18)14-7-10(16)15-6-5-9(8-15)11(17)19-4/h9H,5-8H2,1-4H3,(H,14,18). The van der Waals surface area contributed by atoms with Crippen molar-refractivity contribution in [2.45, 2.75) is 27.2 Å². The topological polar surface area (TPSA) is 75.7 Å². The number of rotatable bonds is 3. The Balaban J connectivity index is 2.40. The maximum atomic E-state index is 11.9. The van der Waals surface area contributed by atoms with E-state index in [2.05, 4.69) is 10.1 Å². The third-order valence-corrected chi connectivity index (χ3v) is 3.16. The molecule has 6 heteroatoms. The fraction of sp³-hybridized carbons (Fsp3) is 0.769. The van der Waals surface area contributed by atoms with Gasteiger partial charge in [0, 0.05) is 18.5 Å². The lowest BCUT2D eigenvalue weighted by molar-refractivity contribution is -0.145. The minimum atomic E-state index is -0.514. The molecule has 0 aromatic heterocycles. The van der Waals surface area contributed by atoms with Crippen molar-refractivity contribution in [2.75, 3.05) is 26.7 Å². The quantitative estimate of drug-likeness (QED) is 0.742. The third-order valence-electron chi connectivity index (χ3n) is 3.16. The molecule has 2 amide bonds. The van der Waals surface area contributed by atoms with Gasteiger partial charge in [0.1, 0.15) is 0 Å². The van der Waals surface area contributed by atoms with Crippen molar-refractivity contribution in [1.82, 2.24) is 10.2 Å². The molecule has 0 aliphatic carbocycles. The molecule has 0 aromatic carbocycles. The van der Waals surface area contributed by atoms with Crippen molar-refractivity contribution in [3.05, 3.63) is 0 Å². The van der Waals surface area contributed by atoms with Crippen LogP contribution in [0.2, 0.25) is 0 Å². The van der Waals surface area contributed by atoms with Gasteiger partial charge in [-0.05, 0) is 6.42 Å². The SMILES string of the molecule is COC(=O)C1CCN(C(=O)CNC(=O)C(C)(C)C)C1. The molecule has 1 atom stereocenters. The number of nitrogens with one attached hydrogen (secondary N) is 1. The second-order valence-corrected chi connectivity index (χ2v) is 5.78. The summed E-state index contributed by atoms with van der Waals surface area (Å²) in [6.07, 6.45) is 0.617. The van der Waals surface area contributed by atoms with Crippen molar-refractivity contribution in [2.24, 2.45) is 11.3 Å². The van der Waals surface area contributed by atoms with E-state index in [-0.39, 0.29) is 30.2 Å². The van der Waals surface area contributed by atoms with Gasteiger partial charge < -0.3 is 15.0 Å². The summed E-state index contributed by atoms with van der Waals surface area (Å²) in [5.41, 5.74) is -0.514. The molecule has 0 radical (unpaired) electrons. The number of methoxy groups -OCH3 is 1. The molecule has 0 spiro atoms. The van der Waals surface area contributed by atoms with Crippen LogP contribution in [0, 0.1) is 11.3 Å². The van der Waals surface area contributed by atoms with Crippen LogP contribution in [0.1, 0.15) is 27.2 Å². The van der Waals surface area contributed by atoms with Crippen molar-refractivity contribution in [3.63, 3.8) is 0 Å². The average molecular weight is 270 g/mol. The number of nitrogens with zero attached hydrogens (tertiary/aromatic N) is 1. The van der Waals surface area contributed by atoms with Gasteiger partial charge in [0.15, 0.2) is 0 Å². The highest BCUT2D eigenvalue weighted by Crippen LogP contribution is 2.17. The molecule has 6 nitrogen and oxygen atoms in total. The fourth-order valence-electron chi connectivity index (χ4n) is 1.88. The molecule has 1 N–H and O–H groups in total. The molecule has 19 heavy (non-hydrogen) atoms. The molecule has 1 fully saturated rings. The molecule has 0 saturated carbocycles. The van der Waals surface area contributed by atoms with E-state index in [1.807, 2.05) is 0 Å². The van der Waals surface area contributed by atoms with E-state index in [9.17, 15) is 14.4 Å². The zero-order chi connectivity index (χ0) is 14.6. The highest BCUT2D eigenvalue weighted by molar-refractivity contribution is 5.87. The monoisotopic (exact) mass is 270 g/mol. The third kappa shape index (κ3) is 4.22. The number of carbonyl (C=O) groups excluding carboxylic acids is 3. The molecular formula is C13H22N2O4. The van der Waals surface area contributed by atoms with Crippen LogP contribution in [0.25, 0.3) is 0 Å². The summed E-state index contributed by atoms with van der Waals surface area (Å²) >= 11 is 0. The van der Waals surface area contributed by atoms with Gasteiger partial charge in [-0.1, -0.05) is 20.8 Å². The van der Waals surface area contributed by atoms with E-state index in [0.717, 1.165) is 0 Å². The van der Waals surface area contributed by atoms with Gasteiger partial charge >= 0.3 is 5.97 Å². The van der Waals surface area contributed by atoms with Crippen molar-refractivity contribution in [1.29, 1.82) is 0 Å². The molecule has 1 saturated heterocycles. The Morgan fingerprint density at radius 1 is 1.32 bits per heavy atom. The Hall–Kier alpha value is -1.59. The highest BCUT2D eigenvalue weighted by Gasteiger charge is 2.32. The zero-order valence-corrected chi connectivity index (χ0v) is 12.0. The molecule has 1 aliphatic heterocycles. The molecule has 0 bridgehead atoms. The maximum Gasteiger partial charge on any atom is 0.310 e. The predicted molar refractivity (Wildman–Crippen MR) is 69.2 cm³/mol.